The Morgan fingerprint density at radius 2 is 2.18 bits per heavy atom. The minimum atomic E-state index is -0.00144. The highest BCUT2D eigenvalue weighted by Crippen LogP contribution is 2.17. The maximum atomic E-state index is 5.70. The Balaban J connectivity index is 2.33. The number of hydrogen-bond acceptors (Lipinski definition) is 2. The van der Waals surface area contributed by atoms with E-state index in [9.17, 15) is 0 Å². The minimum absolute atomic E-state index is 0.00144. The number of benzene rings is 1. The second-order valence-corrected chi connectivity index (χ2v) is 5.10. The van der Waals surface area contributed by atoms with Crippen molar-refractivity contribution in [3.63, 3.8) is 0 Å². The lowest BCUT2D eigenvalue weighted by molar-refractivity contribution is 0.103. The van der Waals surface area contributed by atoms with Crippen LogP contribution in [0.2, 0.25) is 0 Å². The number of ether oxygens (including phenoxy) is 1. The van der Waals surface area contributed by atoms with Gasteiger partial charge in [0.25, 0.3) is 0 Å². The van der Waals surface area contributed by atoms with E-state index in [4.69, 9.17) is 9.16 Å². The first-order valence-corrected chi connectivity index (χ1v) is 6.79. The van der Waals surface area contributed by atoms with Gasteiger partial charge in [-0.15, -0.1) is 0 Å². The second kappa shape index (κ2) is 6.62. The van der Waals surface area contributed by atoms with Crippen molar-refractivity contribution in [2.24, 2.45) is 0 Å². The smallest absolute Gasteiger partial charge is 0.146 e. The summed E-state index contributed by atoms with van der Waals surface area (Å²) >= 11 is 0. The largest absolute Gasteiger partial charge is 0.494 e. The summed E-state index contributed by atoms with van der Waals surface area (Å²) in [5, 5.41) is 0. The molecule has 0 fully saturated rings. The van der Waals surface area contributed by atoms with Crippen LogP contribution in [0.5, 0.6) is 5.75 Å². The molecule has 94 valence electrons. The summed E-state index contributed by atoms with van der Waals surface area (Å²) in [6.45, 7) is 8.72. The first-order chi connectivity index (χ1) is 8.07. The molecular weight excluding hydrogens is 228 g/mol. The van der Waals surface area contributed by atoms with E-state index in [0.717, 1.165) is 41.2 Å². The molecule has 2 nitrogen and oxygen atoms in total. The molecule has 0 saturated carbocycles. The zero-order valence-electron chi connectivity index (χ0n) is 11.0. The van der Waals surface area contributed by atoms with Gasteiger partial charge in [0.2, 0.25) is 0 Å². The summed E-state index contributed by atoms with van der Waals surface area (Å²) < 4.78 is 11.2. The molecular formula is C14H22O2Si. The Bertz CT molecular complexity index is 361. The highest BCUT2D eigenvalue weighted by atomic mass is 28.2. The van der Waals surface area contributed by atoms with Gasteiger partial charge in [-0.1, -0.05) is 24.8 Å². The molecule has 0 amide bonds. The molecule has 17 heavy (non-hydrogen) atoms. The number of hydrogen-bond donors (Lipinski definition) is 0. The van der Waals surface area contributed by atoms with Crippen molar-refractivity contribution in [1.82, 2.24) is 0 Å². The monoisotopic (exact) mass is 250 g/mol. The molecule has 0 atom stereocenters. The zero-order chi connectivity index (χ0) is 12.7. The molecule has 0 aromatic heterocycles. The van der Waals surface area contributed by atoms with Crippen LogP contribution in [0, 0.1) is 0 Å². The fourth-order valence-electron chi connectivity index (χ4n) is 1.52. The molecule has 0 aliphatic rings. The highest BCUT2D eigenvalue weighted by molar-refractivity contribution is 5.98. The number of rotatable bonds is 7. The minimum Gasteiger partial charge on any atom is -0.494 e. The Morgan fingerprint density at radius 3 is 2.82 bits per heavy atom. The summed E-state index contributed by atoms with van der Waals surface area (Å²) in [7, 11) is 0.789. The van der Waals surface area contributed by atoms with E-state index in [-0.39, 0.29) is 5.60 Å². The summed E-state index contributed by atoms with van der Waals surface area (Å²) in [6, 6.07) is 7.97. The molecule has 1 aromatic carbocycles. The molecule has 1 aromatic rings. The third-order valence-corrected chi connectivity index (χ3v) is 3.94. The van der Waals surface area contributed by atoms with Gasteiger partial charge in [-0.2, -0.15) is 0 Å². The lowest BCUT2D eigenvalue weighted by Crippen LogP contribution is -2.23. The lowest BCUT2D eigenvalue weighted by Gasteiger charge is -2.23. The van der Waals surface area contributed by atoms with Gasteiger partial charge in [0.05, 0.1) is 6.61 Å². The van der Waals surface area contributed by atoms with Gasteiger partial charge in [-0.25, -0.2) is 0 Å². The highest BCUT2D eigenvalue weighted by Gasteiger charge is 2.14. The molecule has 0 N–H and O–H groups in total. The van der Waals surface area contributed by atoms with Crippen molar-refractivity contribution in [2.45, 2.75) is 32.3 Å². The van der Waals surface area contributed by atoms with Crippen molar-refractivity contribution in [3.05, 3.63) is 36.4 Å². The van der Waals surface area contributed by atoms with E-state index in [1.165, 1.54) is 0 Å². The molecule has 0 bridgehead atoms. The van der Waals surface area contributed by atoms with E-state index in [2.05, 4.69) is 20.4 Å². The summed E-state index contributed by atoms with van der Waals surface area (Å²) in [5.74, 6) is 0.909. The fraction of sp³-hybridized carbons (Fsp3) is 0.429. The maximum absolute atomic E-state index is 5.70. The van der Waals surface area contributed by atoms with Gasteiger partial charge >= 0.3 is 0 Å². The first-order valence-electron chi connectivity index (χ1n) is 5.98. The summed E-state index contributed by atoms with van der Waals surface area (Å²) in [5.41, 5.74) is 1.09. The van der Waals surface area contributed by atoms with Crippen LogP contribution >= 0.6 is 0 Å². The third-order valence-electron chi connectivity index (χ3n) is 2.84. The Morgan fingerprint density at radius 1 is 1.41 bits per heavy atom. The molecule has 0 radical (unpaired) electrons. The van der Waals surface area contributed by atoms with E-state index in [1.54, 1.807) is 0 Å². The van der Waals surface area contributed by atoms with Gasteiger partial charge in [0.1, 0.15) is 16.2 Å². The van der Waals surface area contributed by atoms with E-state index in [1.807, 2.05) is 30.3 Å². The second-order valence-electron chi connectivity index (χ2n) is 4.69. The van der Waals surface area contributed by atoms with E-state index >= 15 is 0 Å². The topological polar surface area (TPSA) is 18.5 Å². The average Bonchev–Trinajstić information content (AvgIpc) is 2.35. The van der Waals surface area contributed by atoms with Gasteiger partial charge in [0.15, 0.2) is 0 Å². The van der Waals surface area contributed by atoms with Crippen LogP contribution < -0.4 is 4.74 Å². The van der Waals surface area contributed by atoms with Crippen LogP contribution in [0.1, 0.15) is 32.3 Å². The lowest BCUT2D eigenvalue weighted by atomic mass is 10.0. The average molecular weight is 250 g/mol. The molecule has 0 aliphatic heterocycles. The molecule has 0 saturated heterocycles. The van der Waals surface area contributed by atoms with Gasteiger partial charge in [-0.3, -0.25) is 0 Å². The van der Waals surface area contributed by atoms with Crippen molar-refractivity contribution in [2.75, 3.05) is 6.61 Å². The van der Waals surface area contributed by atoms with Gasteiger partial charge in [-0.05, 0) is 44.4 Å². The van der Waals surface area contributed by atoms with Crippen LogP contribution in [0.4, 0.5) is 0 Å². The first kappa shape index (κ1) is 14.0. The van der Waals surface area contributed by atoms with Crippen molar-refractivity contribution in [3.8, 4) is 5.75 Å². The van der Waals surface area contributed by atoms with Crippen molar-refractivity contribution in [1.29, 1.82) is 0 Å². The normalized spacial score (nSPS) is 11.4. The molecule has 0 heterocycles. The molecule has 1 rings (SSSR count). The fourth-order valence-corrected chi connectivity index (χ4v) is 1.73. The molecule has 0 spiro atoms. The maximum Gasteiger partial charge on any atom is 0.146 e. The van der Waals surface area contributed by atoms with E-state index in [0.29, 0.717) is 0 Å². The molecule has 3 heteroatoms. The predicted molar refractivity (Wildman–Crippen MR) is 76.4 cm³/mol. The van der Waals surface area contributed by atoms with Crippen molar-refractivity contribution >= 4 is 16.6 Å². The van der Waals surface area contributed by atoms with Crippen LogP contribution in [0.15, 0.2) is 30.8 Å². The SMILES string of the molecule is C=Cc1cccc(OCCCC(C)(C)O[SiH3])c1. The third kappa shape index (κ3) is 5.19. The van der Waals surface area contributed by atoms with Crippen LogP contribution in [-0.4, -0.2) is 22.7 Å². The molecule has 0 unspecified atom stereocenters. The Hall–Kier alpha value is -1.06. The standard InChI is InChI=1S/C14H22O2Si/c1-4-12-7-5-8-13(11-12)15-10-6-9-14(2,3)16-17/h4-5,7-8,11H,1,6,9-10H2,2-3,17H3. The van der Waals surface area contributed by atoms with Crippen LogP contribution in [0.3, 0.4) is 0 Å². The summed E-state index contributed by atoms with van der Waals surface area (Å²) in [4.78, 5) is 0. The van der Waals surface area contributed by atoms with E-state index < -0.39 is 0 Å². The predicted octanol–water partition coefficient (Wildman–Crippen LogP) is 2.56. The quantitative estimate of drug-likeness (QED) is 0.547. The summed E-state index contributed by atoms with van der Waals surface area (Å²) in [6.07, 6.45) is 3.86. The van der Waals surface area contributed by atoms with Gasteiger partial charge in [0, 0.05) is 5.60 Å². The Labute approximate surface area is 107 Å². The van der Waals surface area contributed by atoms with Gasteiger partial charge < -0.3 is 9.16 Å². The van der Waals surface area contributed by atoms with Crippen molar-refractivity contribution < 1.29 is 9.16 Å². The Kier molecular flexibility index (Phi) is 5.45. The van der Waals surface area contributed by atoms with Crippen LogP contribution in [-0.2, 0) is 4.43 Å². The van der Waals surface area contributed by atoms with Crippen LogP contribution in [0.25, 0.3) is 6.08 Å². The molecule has 0 aliphatic carbocycles. The zero-order valence-corrected chi connectivity index (χ0v) is 13.0.